The number of morpholine rings is 1. The summed E-state index contributed by atoms with van der Waals surface area (Å²) in [6.45, 7) is 4.06. The molecular weight excluding hydrogens is 440 g/mol. The predicted octanol–water partition coefficient (Wildman–Crippen LogP) is 4.29. The van der Waals surface area contributed by atoms with Gasteiger partial charge in [-0.15, -0.1) is 12.4 Å². The molecule has 0 amide bonds. The van der Waals surface area contributed by atoms with Crippen LogP contribution in [0.3, 0.4) is 0 Å². The normalized spacial score (nSPS) is 15.5. The summed E-state index contributed by atoms with van der Waals surface area (Å²) in [7, 11) is 0. The van der Waals surface area contributed by atoms with Crippen molar-refractivity contribution in [3.63, 3.8) is 0 Å². The third kappa shape index (κ3) is 5.30. The highest BCUT2D eigenvalue weighted by atomic mass is 35.5. The minimum atomic E-state index is -5.94. The summed E-state index contributed by atoms with van der Waals surface area (Å²) in [5.74, 6) is 0.0939. The van der Waals surface area contributed by atoms with Gasteiger partial charge in [-0.25, -0.2) is 0 Å². The minimum Gasteiger partial charge on any atom is -0.378 e. The lowest BCUT2D eigenvalue weighted by Gasteiger charge is -2.36. The van der Waals surface area contributed by atoms with Crippen LogP contribution in [0.5, 0.6) is 0 Å². The molecule has 5 nitrogen and oxygen atoms in total. The lowest BCUT2D eigenvalue weighted by Crippen LogP contribution is -2.54. The maximum absolute atomic E-state index is 13.0. The second-order valence-electron chi connectivity index (χ2n) is 6.68. The second kappa shape index (κ2) is 10.1. The van der Waals surface area contributed by atoms with Crippen LogP contribution in [0.1, 0.15) is 25.3 Å². The van der Waals surface area contributed by atoms with Gasteiger partial charge in [-0.3, -0.25) is 5.41 Å². The van der Waals surface area contributed by atoms with Crippen molar-refractivity contribution in [2.45, 2.75) is 37.7 Å². The molecule has 0 aliphatic carbocycles. The molecule has 0 aromatic heterocycles. The van der Waals surface area contributed by atoms with Crippen molar-refractivity contribution in [2.24, 2.45) is 0 Å². The van der Waals surface area contributed by atoms with Crippen LogP contribution in [0.2, 0.25) is 0 Å². The lowest BCUT2D eigenvalue weighted by molar-refractivity contribution is -0.376. The van der Waals surface area contributed by atoms with Crippen LogP contribution in [-0.4, -0.2) is 61.2 Å². The molecule has 30 heavy (non-hydrogen) atoms. The van der Waals surface area contributed by atoms with Crippen LogP contribution in [-0.2, 0) is 10.3 Å². The fraction of sp³-hybridized carbons (Fsp3) is 0.611. The fourth-order valence-corrected chi connectivity index (χ4v) is 2.99. The Labute approximate surface area is 176 Å². The molecular formula is C18H24ClF6N3O2. The van der Waals surface area contributed by atoms with Gasteiger partial charge in [0, 0.05) is 30.9 Å². The van der Waals surface area contributed by atoms with Gasteiger partial charge in [-0.2, -0.15) is 26.3 Å². The Bertz CT molecular complexity index is 677. The molecule has 1 aromatic rings. The summed E-state index contributed by atoms with van der Waals surface area (Å²) < 4.78 is 83.5. The van der Waals surface area contributed by atoms with E-state index >= 15 is 0 Å². The number of benzene rings is 1. The molecule has 172 valence electrons. The van der Waals surface area contributed by atoms with Gasteiger partial charge in [0.2, 0.25) is 0 Å². The molecule has 0 spiro atoms. The Hall–Kier alpha value is -1.72. The predicted molar refractivity (Wildman–Crippen MR) is 102 cm³/mol. The maximum Gasteiger partial charge on any atom is 0.430 e. The van der Waals surface area contributed by atoms with Gasteiger partial charge >= 0.3 is 12.4 Å². The van der Waals surface area contributed by atoms with E-state index in [1.54, 1.807) is 4.90 Å². The molecule has 1 aliphatic rings. The number of rotatable bonds is 5. The van der Waals surface area contributed by atoms with Gasteiger partial charge in [-0.1, -0.05) is 25.5 Å². The average molecular weight is 464 g/mol. The zero-order chi connectivity index (χ0) is 21.9. The molecule has 0 atom stereocenters. The molecule has 2 N–H and O–H groups in total. The van der Waals surface area contributed by atoms with E-state index in [1.807, 2.05) is 6.92 Å². The number of hydrogen-bond donors (Lipinski definition) is 2. The molecule has 2 rings (SSSR count). The quantitative estimate of drug-likeness (QED) is 0.388. The van der Waals surface area contributed by atoms with Gasteiger partial charge in [0.25, 0.3) is 5.60 Å². The van der Waals surface area contributed by atoms with Gasteiger partial charge in [-0.05, 0) is 18.6 Å². The third-order valence-corrected chi connectivity index (χ3v) is 4.72. The second-order valence-corrected chi connectivity index (χ2v) is 6.68. The fourth-order valence-electron chi connectivity index (χ4n) is 2.99. The maximum atomic E-state index is 13.0. The summed E-state index contributed by atoms with van der Waals surface area (Å²) in [5.41, 5.74) is -6.02. The number of hydrogen-bond acceptors (Lipinski definition) is 3. The topological polar surface area (TPSA) is 59.8 Å². The van der Waals surface area contributed by atoms with Crippen LogP contribution < -0.4 is 4.90 Å². The Morgan fingerprint density at radius 1 is 1.07 bits per heavy atom. The smallest absolute Gasteiger partial charge is 0.378 e. The van der Waals surface area contributed by atoms with E-state index < -0.39 is 23.5 Å². The first-order valence-electron chi connectivity index (χ1n) is 9.08. The SMILES string of the molecule is CCCCN(C(=N)N1CCOCC1)c1ccc(C(O)(C(F)(F)F)C(F)(F)F)cc1.Cl. The molecule has 0 saturated carbocycles. The summed E-state index contributed by atoms with van der Waals surface area (Å²) in [5, 5.41) is 17.9. The van der Waals surface area contributed by atoms with Crippen molar-refractivity contribution >= 4 is 24.1 Å². The number of halogens is 7. The van der Waals surface area contributed by atoms with E-state index in [4.69, 9.17) is 10.1 Å². The van der Waals surface area contributed by atoms with Crippen LogP contribution in [0.15, 0.2) is 24.3 Å². The van der Waals surface area contributed by atoms with Crippen LogP contribution in [0.4, 0.5) is 32.0 Å². The Morgan fingerprint density at radius 2 is 1.57 bits per heavy atom. The molecule has 0 unspecified atom stereocenters. The minimum absolute atomic E-state index is 0. The van der Waals surface area contributed by atoms with E-state index in [-0.39, 0.29) is 24.1 Å². The molecule has 12 heteroatoms. The third-order valence-electron chi connectivity index (χ3n) is 4.72. The molecule has 1 fully saturated rings. The highest BCUT2D eigenvalue weighted by molar-refractivity contribution is 5.93. The van der Waals surface area contributed by atoms with Crippen molar-refractivity contribution in [3.8, 4) is 0 Å². The van der Waals surface area contributed by atoms with E-state index in [0.717, 1.165) is 18.6 Å². The van der Waals surface area contributed by atoms with E-state index in [9.17, 15) is 31.4 Å². The first-order chi connectivity index (χ1) is 13.4. The summed E-state index contributed by atoms with van der Waals surface area (Å²) >= 11 is 0. The summed E-state index contributed by atoms with van der Waals surface area (Å²) in [4.78, 5) is 3.26. The average Bonchev–Trinajstić information content (AvgIpc) is 2.67. The van der Waals surface area contributed by atoms with E-state index in [2.05, 4.69) is 0 Å². The number of alkyl halides is 6. The highest BCUT2D eigenvalue weighted by Crippen LogP contribution is 2.50. The van der Waals surface area contributed by atoms with Crippen LogP contribution in [0.25, 0.3) is 0 Å². The number of guanidine groups is 1. The number of ether oxygens (including phenoxy) is 1. The number of aliphatic hydroxyl groups is 1. The van der Waals surface area contributed by atoms with Crippen molar-refractivity contribution < 1.29 is 36.2 Å². The van der Waals surface area contributed by atoms with Crippen molar-refractivity contribution in [1.82, 2.24) is 4.90 Å². The Morgan fingerprint density at radius 3 is 2.00 bits per heavy atom. The number of unbranched alkanes of at least 4 members (excludes halogenated alkanes) is 1. The summed E-state index contributed by atoms with van der Waals surface area (Å²) in [6.07, 6.45) is -10.4. The lowest BCUT2D eigenvalue weighted by atomic mass is 9.92. The molecule has 0 radical (unpaired) electrons. The zero-order valence-corrected chi connectivity index (χ0v) is 17.0. The van der Waals surface area contributed by atoms with Crippen LogP contribution in [0, 0.1) is 5.41 Å². The van der Waals surface area contributed by atoms with Gasteiger partial charge in [0.05, 0.1) is 13.2 Å². The van der Waals surface area contributed by atoms with Gasteiger partial charge < -0.3 is 19.6 Å². The van der Waals surface area contributed by atoms with Crippen molar-refractivity contribution in [2.75, 3.05) is 37.7 Å². The molecule has 1 heterocycles. The first kappa shape index (κ1) is 26.3. The Balaban J connectivity index is 0.00000450. The standard InChI is InChI=1S/C18H23F6N3O2.ClH/c1-2-3-8-27(15(25)26-9-11-29-12-10-26)14-6-4-13(5-7-14)16(28,17(19,20)21)18(22,23)24;/h4-7,25,28H,2-3,8-12H2,1H3;1H. The van der Waals surface area contributed by atoms with Gasteiger partial charge in [0.15, 0.2) is 5.96 Å². The van der Waals surface area contributed by atoms with Crippen molar-refractivity contribution in [1.29, 1.82) is 5.41 Å². The molecule has 1 aliphatic heterocycles. The largest absolute Gasteiger partial charge is 0.430 e. The zero-order valence-electron chi connectivity index (χ0n) is 16.2. The number of anilines is 1. The number of nitrogens with one attached hydrogen (secondary N) is 1. The van der Waals surface area contributed by atoms with E-state index in [1.165, 1.54) is 4.90 Å². The Kier molecular flexibility index (Phi) is 8.82. The molecule has 1 aromatic carbocycles. The number of nitrogens with zero attached hydrogens (tertiary/aromatic N) is 2. The molecule has 1 saturated heterocycles. The van der Waals surface area contributed by atoms with Crippen molar-refractivity contribution in [3.05, 3.63) is 29.8 Å². The summed E-state index contributed by atoms with van der Waals surface area (Å²) in [6, 6.07) is 3.31. The molecule has 0 bridgehead atoms. The highest BCUT2D eigenvalue weighted by Gasteiger charge is 2.71. The van der Waals surface area contributed by atoms with E-state index in [0.29, 0.717) is 51.4 Å². The first-order valence-corrected chi connectivity index (χ1v) is 9.08. The van der Waals surface area contributed by atoms with Crippen LogP contribution >= 0.6 is 12.4 Å². The van der Waals surface area contributed by atoms with Gasteiger partial charge in [0.1, 0.15) is 0 Å². The monoisotopic (exact) mass is 463 g/mol.